The highest BCUT2D eigenvalue weighted by atomic mass is 32.2. The van der Waals surface area contributed by atoms with Crippen molar-refractivity contribution in [3.63, 3.8) is 0 Å². The van der Waals surface area contributed by atoms with Crippen LogP contribution in [0.1, 0.15) is 10.4 Å². The van der Waals surface area contributed by atoms with Gasteiger partial charge < -0.3 is 15.8 Å². The summed E-state index contributed by atoms with van der Waals surface area (Å²) in [6.07, 6.45) is 0. The fraction of sp³-hybridized carbons (Fsp3) is 0.200. The number of carbonyl (C=O) groups is 1. The summed E-state index contributed by atoms with van der Waals surface area (Å²) >= 11 is 1.22. The maximum Gasteiger partial charge on any atom is 0.251 e. The number of carbonyl (C=O) groups excluding carboxylic acids is 1. The van der Waals surface area contributed by atoms with E-state index in [-0.39, 0.29) is 11.7 Å². The normalized spacial score (nSPS) is 9.60. The molecule has 80 valence electrons. The average Bonchev–Trinajstić information content (AvgIpc) is 2.25. The minimum Gasteiger partial charge on any atom is -0.862 e. The molecule has 0 saturated heterocycles. The number of nitrogens with one attached hydrogen (secondary N) is 2. The summed E-state index contributed by atoms with van der Waals surface area (Å²) in [6, 6.07) is 8.85. The predicted octanol–water partition coefficient (Wildman–Crippen LogP) is 0.445. The second-order valence-electron chi connectivity index (χ2n) is 2.79. The second-order valence-corrected chi connectivity index (χ2v) is 3.77. The summed E-state index contributed by atoms with van der Waals surface area (Å²) in [4.78, 5) is 11.4. The molecule has 1 rings (SSSR count). The van der Waals surface area contributed by atoms with Gasteiger partial charge >= 0.3 is 0 Å². The van der Waals surface area contributed by atoms with Gasteiger partial charge in [0.05, 0.1) is 5.88 Å². The van der Waals surface area contributed by atoms with E-state index >= 15 is 0 Å². The summed E-state index contributed by atoms with van der Waals surface area (Å²) in [5, 5.41) is 19.6. The van der Waals surface area contributed by atoms with Crippen molar-refractivity contribution in [3.05, 3.63) is 35.9 Å². The number of thioether (sulfide) groups is 1. The fourth-order valence-corrected chi connectivity index (χ4v) is 1.47. The van der Waals surface area contributed by atoms with Crippen molar-refractivity contribution >= 4 is 23.6 Å². The van der Waals surface area contributed by atoms with E-state index < -0.39 is 5.90 Å². The molecule has 0 fully saturated rings. The topological polar surface area (TPSA) is 76.0 Å². The fourth-order valence-electron chi connectivity index (χ4n) is 0.952. The number of hydrogen-bond acceptors (Lipinski definition) is 4. The Labute approximate surface area is 92.2 Å². The van der Waals surface area contributed by atoms with Gasteiger partial charge in [-0.15, -0.1) is 11.8 Å². The van der Waals surface area contributed by atoms with Crippen LogP contribution in [0.2, 0.25) is 0 Å². The Morgan fingerprint density at radius 1 is 1.40 bits per heavy atom. The molecule has 0 atom stereocenters. The minimum atomic E-state index is -0.631. The van der Waals surface area contributed by atoms with Crippen molar-refractivity contribution in [1.29, 1.82) is 5.41 Å². The molecule has 0 aliphatic carbocycles. The SMILES string of the molecule is N=C([O-])CSCNC(=O)c1ccccc1. The number of hydrogen-bond donors (Lipinski definition) is 2. The molecule has 15 heavy (non-hydrogen) atoms. The van der Waals surface area contributed by atoms with Gasteiger partial charge in [0.1, 0.15) is 0 Å². The van der Waals surface area contributed by atoms with Gasteiger partial charge in [0.25, 0.3) is 5.91 Å². The highest BCUT2D eigenvalue weighted by Crippen LogP contribution is 2.00. The van der Waals surface area contributed by atoms with Crippen LogP contribution < -0.4 is 10.4 Å². The van der Waals surface area contributed by atoms with E-state index in [1.807, 2.05) is 6.07 Å². The first kappa shape index (κ1) is 11.6. The molecule has 0 radical (unpaired) electrons. The molecule has 0 aliphatic rings. The van der Waals surface area contributed by atoms with Crippen LogP contribution in [-0.4, -0.2) is 23.4 Å². The van der Waals surface area contributed by atoms with Gasteiger partial charge in [0.15, 0.2) is 0 Å². The molecule has 0 bridgehead atoms. The molecule has 0 unspecified atom stereocenters. The van der Waals surface area contributed by atoms with Gasteiger partial charge in [-0.05, 0) is 18.0 Å². The Bertz CT molecular complexity index is 341. The first-order valence-corrected chi connectivity index (χ1v) is 5.51. The van der Waals surface area contributed by atoms with Crippen LogP contribution in [0.5, 0.6) is 0 Å². The van der Waals surface area contributed by atoms with Crippen LogP contribution in [0.15, 0.2) is 30.3 Å². The lowest BCUT2D eigenvalue weighted by molar-refractivity contribution is -0.216. The van der Waals surface area contributed by atoms with E-state index in [0.29, 0.717) is 11.4 Å². The van der Waals surface area contributed by atoms with Crippen LogP contribution in [0.25, 0.3) is 0 Å². The summed E-state index contributed by atoms with van der Waals surface area (Å²) in [7, 11) is 0. The third kappa shape index (κ3) is 4.51. The molecule has 2 N–H and O–H groups in total. The molecule has 0 spiro atoms. The monoisotopic (exact) mass is 223 g/mol. The smallest absolute Gasteiger partial charge is 0.251 e. The van der Waals surface area contributed by atoms with Crippen LogP contribution in [0, 0.1) is 5.41 Å². The van der Waals surface area contributed by atoms with E-state index in [9.17, 15) is 9.90 Å². The van der Waals surface area contributed by atoms with Crippen molar-refractivity contribution in [1.82, 2.24) is 5.32 Å². The predicted molar refractivity (Wildman–Crippen MR) is 59.0 cm³/mol. The largest absolute Gasteiger partial charge is 0.862 e. The number of amides is 1. The lowest BCUT2D eigenvalue weighted by Crippen LogP contribution is -2.25. The van der Waals surface area contributed by atoms with E-state index in [2.05, 4.69) is 5.32 Å². The molecule has 1 aromatic carbocycles. The standard InChI is InChI=1S/C10H12N2O2S/c11-9(13)6-15-7-12-10(14)8-4-2-1-3-5-8/h1-5H,6-7H2,(H2,11,13)(H,12,14)/p-1. The molecule has 0 aromatic heterocycles. The Kier molecular flexibility index (Phi) is 4.70. The van der Waals surface area contributed by atoms with Gasteiger partial charge in [-0.3, -0.25) is 4.79 Å². The first-order chi connectivity index (χ1) is 7.20. The van der Waals surface area contributed by atoms with Crippen LogP contribution in [-0.2, 0) is 0 Å². The number of benzene rings is 1. The second kappa shape index (κ2) is 6.08. The summed E-state index contributed by atoms with van der Waals surface area (Å²) in [5.74, 6) is -0.345. The molecule has 0 heterocycles. The van der Waals surface area contributed by atoms with E-state index in [1.54, 1.807) is 24.3 Å². The highest BCUT2D eigenvalue weighted by molar-refractivity contribution is 7.99. The van der Waals surface area contributed by atoms with Gasteiger partial charge in [-0.25, -0.2) is 0 Å². The molecule has 4 nitrogen and oxygen atoms in total. The zero-order chi connectivity index (χ0) is 11.1. The first-order valence-electron chi connectivity index (χ1n) is 4.35. The molecular weight excluding hydrogens is 212 g/mol. The van der Waals surface area contributed by atoms with Gasteiger partial charge in [-0.1, -0.05) is 18.2 Å². The molecule has 1 amide bonds. The van der Waals surface area contributed by atoms with Crippen molar-refractivity contribution in [3.8, 4) is 0 Å². The van der Waals surface area contributed by atoms with E-state index in [4.69, 9.17) is 5.41 Å². The minimum absolute atomic E-state index is 0.106. The lowest BCUT2D eigenvalue weighted by atomic mass is 10.2. The average molecular weight is 223 g/mol. The third-order valence-corrected chi connectivity index (χ3v) is 2.42. The molecule has 0 saturated carbocycles. The maximum absolute atomic E-state index is 11.4. The summed E-state index contributed by atoms with van der Waals surface area (Å²) < 4.78 is 0. The zero-order valence-electron chi connectivity index (χ0n) is 8.03. The van der Waals surface area contributed by atoms with Gasteiger partial charge in [0, 0.05) is 11.3 Å². The van der Waals surface area contributed by atoms with E-state index in [1.165, 1.54) is 11.8 Å². The van der Waals surface area contributed by atoms with Crippen molar-refractivity contribution in [2.45, 2.75) is 0 Å². The van der Waals surface area contributed by atoms with Crippen molar-refractivity contribution in [2.24, 2.45) is 0 Å². The van der Waals surface area contributed by atoms with Gasteiger partial charge in [0.2, 0.25) is 0 Å². The van der Waals surface area contributed by atoms with E-state index in [0.717, 1.165) is 0 Å². The third-order valence-electron chi connectivity index (χ3n) is 1.60. The molecule has 1 aromatic rings. The summed E-state index contributed by atoms with van der Waals surface area (Å²) in [6.45, 7) is 0. The maximum atomic E-state index is 11.4. The molecular formula is C10H11N2O2S-. The molecule has 0 aliphatic heterocycles. The zero-order valence-corrected chi connectivity index (χ0v) is 8.84. The Morgan fingerprint density at radius 3 is 2.67 bits per heavy atom. The number of rotatable bonds is 5. The van der Waals surface area contributed by atoms with Crippen molar-refractivity contribution < 1.29 is 9.90 Å². The highest BCUT2D eigenvalue weighted by Gasteiger charge is 2.02. The lowest BCUT2D eigenvalue weighted by Gasteiger charge is -2.07. The van der Waals surface area contributed by atoms with Crippen LogP contribution in [0.3, 0.4) is 0 Å². The van der Waals surface area contributed by atoms with Crippen LogP contribution in [0.4, 0.5) is 0 Å². The van der Waals surface area contributed by atoms with Gasteiger partial charge in [-0.2, -0.15) is 0 Å². The molecule has 5 heteroatoms. The van der Waals surface area contributed by atoms with Crippen molar-refractivity contribution in [2.75, 3.05) is 11.6 Å². The Hall–Kier alpha value is -1.49. The van der Waals surface area contributed by atoms with Crippen LogP contribution >= 0.6 is 11.8 Å². The Balaban J connectivity index is 2.28. The quantitative estimate of drug-likeness (QED) is 0.329. The Morgan fingerprint density at radius 2 is 2.07 bits per heavy atom. The summed E-state index contributed by atoms with van der Waals surface area (Å²) in [5.41, 5.74) is 0.593.